The Balaban J connectivity index is 1.62. The van der Waals surface area contributed by atoms with Crippen molar-refractivity contribution in [3.63, 3.8) is 0 Å². The van der Waals surface area contributed by atoms with Crippen LogP contribution in [0.25, 0.3) is 0 Å². The number of fused-ring (bicyclic) bond motifs is 3. The summed E-state index contributed by atoms with van der Waals surface area (Å²) in [5.74, 6) is 1.61. The Morgan fingerprint density at radius 2 is 2.04 bits per heavy atom. The minimum atomic E-state index is -0.596. The first kappa shape index (κ1) is 18.3. The molecule has 2 aliphatic rings. The molecule has 142 valence electrons. The van der Waals surface area contributed by atoms with Crippen LogP contribution in [0.3, 0.4) is 0 Å². The number of nitrogens with zero attached hydrogens (tertiary/aromatic N) is 1. The maximum Gasteiger partial charge on any atom is 0.256 e. The molecule has 2 aliphatic heterocycles. The normalized spacial score (nSPS) is 22.5. The maximum atomic E-state index is 13.3. The standard InChI is InChI=1S/C21H23NO4S/c1-24-15-8-9-18-16(12-15)20-17(13-27-18)22(10-11-26-20)21(23)19(25-2)14-6-4-3-5-7-14/h3-9,12,17,19-20H,10-11,13H2,1-2H3/t17-,19-,20-/m0/s1. The number of amides is 1. The number of rotatable bonds is 4. The fraction of sp³-hybridized carbons (Fsp3) is 0.381. The number of methoxy groups -OCH3 is 2. The van der Waals surface area contributed by atoms with Crippen LogP contribution in [0.15, 0.2) is 53.4 Å². The van der Waals surface area contributed by atoms with Gasteiger partial charge in [-0.2, -0.15) is 0 Å². The van der Waals surface area contributed by atoms with Gasteiger partial charge in [0.05, 0.1) is 19.8 Å². The Morgan fingerprint density at radius 1 is 1.22 bits per heavy atom. The highest BCUT2D eigenvalue weighted by molar-refractivity contribution is 7.99. The third kappa shape index (κ3) is 3.45. The second-order valence-electron chi connectivity index (χ2n) is 6.63. The Hall–Kier alpha value is -2.02. The van der Waals surface area contributed by atoms with Gasteiger partial charge < -0.3 is 19.1 Å². The third-order valence-corrected chi connectivity index (χ3v) is 6.35. The van der Waals surface area contributed by atoms with Crippen molar-refractivity contribution >= 4 is 17.7 Å². The third-order valence-electron chi connectivity index (χ3n) is 5.16. The average molecular weight is 385 g/mol. The topological polar surface area (TPSA) is 48.0 Å². The highest BCUT2D eigenvalue weighted by Crippen LogP contribution is 2.44. The predicted octanol–water partition coefficient (Wildman–Crippen LogP) is 3.46. The van der Waals surface area contributed by atoms with Gasteiger partial charge in [-0.1, -0.05) is 30.3 Å². The molecule has 6 heteroatoms. The van der Waals surface area contributed by atoms with Crippen molar-refractivity contribution in [1.29, 1.82) is 0 Å². The minimum absolute atomic E-state index is 0.00561. The molecule has 2 aromatic carbocycles. The van der Waals surface area contributed by atoms with E-state index >= 15 is 0 Å². The van der Waals surface area contributed by atoms with Gasteiger partial charge in [0.1, 0.15) is 11.9 Å². The van der Waals surface area contributed by atoms with E-state index < -0.39 is 6.10 Å². The van der Waals surface area contributed by atoms with Crippen molar-refractivity contribution in [1.82, 2.24) is 4.90 Å². The number of ether oxygens (including phenoxy) is 3. The predicted molar refractivity (Wildman–Crippen MR) is 104 cm³/mol. The van der Waals surface area contributed by atoms with Crippen LogP contribution in [0.1, 0.15) is 23.3 Å². The van der Waals surface area contributed by atoms with Crippen molar-refractivity contribution in [3.05, 3.63) is 59.7 Å². The lowest BCUT2D eigenvalue weighted by Gasteiger charge is -2.45. The van der Waals surface area contributed by atoms with Crippen LogP contribution in [-0.4, -0.2) is 50.0 Å². The summed E-state index contributed by atoms with van der Waals surface area (Å²) in [5.41, 5.74) is 1.97. The zero-order chi connectivity index (χ0) is 18.8. The molecule has 3 atom stereocenters. The molecule has 0 saturated carbocycles. The molecule has 0 unspecified atom stereocenters. The van der Waals surface area contributed by atoms with Gasteiger partial charge in [0.25, 0.3) is 5.91 Å². The Morgan fingerprint density at radius 3 is 2.78 bits per heavy atom. The van der Waals surface area contributed by atoms with Gasteiger partial charge in [0.2, 0.25) is 0 Å². The highest BCUT2D eigenvalue weighted by atomic mass is 32.2. The van der Waals surface area contributed by atoms with E-state index in [1.54, 1.807) is 26.0 Å². The molecular weight excluding hydrogens is 362 g/mol. The second-order valence-corrected chi connectivity index (χ2v) is 7.69. The summed E-state index contributed by atoms with van der Waals surface area (Å²) >= 11 is 1.76. The van der Waals surface area contributed by atoms with E-state index in [9.17, 15) is 4.79 Å². The van der Waals surface area contributed by atoms with E-state index in [1.165, 1.54) is 4.90 Å². The van der Waals surface area contributed by atoms with Crippen LogP contribution in [0.4, 0.5) is 0 Å². The lowest BCUT2D eigenvalue weighted by Crippen LogP contribution is -2.53. The number of carbonyl (C=O) groups excluding carboxylic acids is 1. The molecule has 1 saturated heterocycles. The highest BCUT2D eigenvalue weighted by Gasteiger charge is 2.42. The maximum absolute atomic E-state index is 13.3. The lowest BCUT2D eigenvalue weighted by molar-refractivity contribution is -0.156. The molecule has 0 N–H and O–H groups in total. The lowest BCUT2D eigenvalue weighted by atomic mass is 9.98. The van der Waals surface area contributed by atoms with Gasteiger partial charge in [-0.25, -0.2) is 0 Å². The summed E-state index contributed by atoms with van der Waals surface area (Å²) in [6.07, 6.45) is -0.732. The molecule has 4 rings (SSSR count). The Kier molecular flexibility index (Phi) is 5.38. The van der Waals surface area contributed by atoms with Crippen LogP contribution in [-0.2, 0) is 14.3 Å². The van der Waals surface area contributed by atoms with E-state index in [4.69, 9.17) is 14.2 Å². The molecule has 2 heterocycles. The van der Waals surface area contributed by atoms with Gasteiger partial charge in [-0.05, 0) is 23.8 Å². The number of thioether (sulfide) groups is 1. The SMILES string of the molecule is COc1ccc2c(c1)[C@@H]1OCCN(C(=O)[C@@H](OC)c3ccccc3)[C@H]1CS2. The number of carbonyl (C=O) groups is 1. The molecule has 0 aliphatic carbocycles. The second kappa shape index (κ2) is 7.92. The van der Waals surface area contributed by atoms with Crippen LogP contribution >= 0.6 is 11.8 Å². The first-order chi connectivity index (χ1) is 13.2. The number of morpholine rings is 1. The quantitative estimate of drug-likeness (QED) is 0.807. The largest absolute Gasteiger partial charge is 0.497 e. The van der Waals surface area contributed by atoms with Crippen molar-refractivity contribution in [2.45, 2.75) is 23.1 Å². The smallest absolute Gasteiger partial charge is 0.256 e. The van der Waals surface area contributed by atoms with Crippen LogP contribution in [0.2, 0.25) is 0 Å². The summed E-state index contributed by atoms with van der Waals surface area (Å²) < 4.78 is 17.1. The monoisotopic (exact) mass is 385 g/mol. The fourth-order valence-electron chi connectivity index (χ4n) is 3.81. The molecule has 0 aromatic heterocycles. The summed E-state index contributed by atoms with van der Waals surface area (Å²) in [7, 11) is 3.25. The van der Waals surface area contributed by atoms with E-state index in [-0.39, 0.29) is 18.1 Å². The minimum Gasteiger partial charge on any atom is -0.497 e. The van der Waals surface area contributed by atoms with E-state index in [2.05, 4.69) is 6.07 Å². The molecule has 1 fully saturated rings. The van der Waals surface area contributed by atoms with Gasteiger partial charge in [0, 0.05) is 29.9 Å². The molecule has 1 amide bonds. The molecule has 2 aromatic rings. The van der Waals surface area contributed by atoms with E-state index in [0.29, 0.717) is 13.2 Å². The van der Waals surface area contributed by atoms with Crippen molar-refractivity contribution < 1.29 is 19.0 Å². The fourth-order valence-corrected chi connectivity index (χ4v) is 5.02. The van der Waals surface area contributed by atoms with Gasteiger partial charge in [-0.3, -0.25) is 4.79 Å². The van der Waals surface area contributed by atoms with Crippen LogP contribution < -0.4 is 4.74 Å². The molecule has 27 heavy (non-hydrogen) atoms. The molecular formula is C21H23NO4S. The van der Waals surface area contributed by atoms with Crippen molar-refractivity contribution in [3.8, 4) is 5.75 Å². The summed E-state index contributed by atoms with van der Waals surface area (Å²) in [6.45, 7) is 1.09. The number of hydrogen-bond acceptors (Lipinski definition) is 5. The van der Waals surface area contributed by atoms with Crippen LogP contribution in [0, 0.1) is 0 Å². The Labute approximate surface area is 163 Å². The van der Waals surface area contributed by atoms with Gasteiger partial charge >= 0.3 is 0 Å². The van der Waals surface area contributed by atoms with E-state index in [1.807, 2.05) is 47.4 Å². The van der Waals surface area contributed by atoms with Crippen molar-refractivity contribution in [2.75, 3.05) is 33.1 Å². The van der Waals surface area contributed by atoms with Gasteiger partial charge in [0.15, 0.2) is 6.10 Å². The molecule has 0 spiro atoms. The Bertz CT molecular complexity index is 813. The zero-order valence-corrected chi connectivity index (χ0v) is 16.3. The first-order valence-corrected chi connectivity index (χ1v) is 10.0. The number of benzene rings is 2. The molecule has 0 radical (unpaired) electrons. The summed E-state index contributed by atoms with van der Waals surface area (Å²) in [4.78, 5) is 16.5. The molecule has 0 bridgehead atoms. The zero-order valence-electron chi connectivity index (χ0n) is 15.5. The first-order valence-electron chi connectivity index (χ1n) is 9.03. The van der Waals surface area contributed by atoms with E-state index in [0.717, 1.165) is 22.6 Å². The van der Waals surface area contributed by atoms with Crippen LogP contribution in [0.5, 0.6) is 5.75 Å². The average Bonchev–Trinajstić information content (AvgIpc) is 2.74. The summed E-state index contributed by atoms with van der Waals surface area (Å²) in [5, 5.41) is 0. The molecule has 5 nitrogen and oxygen atoms in total. The summed E-state index contributed by atoms with van der Waals surface area (Å²) in [6, 6.07) is 15.7. The van der Waals surface area contributed by atoms with Gasteiger partial charge in [-0.15, -0.1) is 11.8 Å². The number of hydrogen-bond donors (Lipinski definition) is 0. The van der Waals surface area contributed by atoms with Crippen molar-refractivity contribution in [2.24, 2.45) is 0 Å².